The van der Waals surface area contributed by atoms with E-state index in [2.05, 4.69) is 15.5 Å². The number of ether oxygens (including phenoxy) is 2. The van der Waals surface area contributed by atoms with Crippen molar-refractivity contribution in [2.75, 3.05) is 20.3 Å². The van der Waals surface area contributed by atoms with Crippen LogP contribution in [0.25, 0.3) is 11.4 Å². The summed E-state index contributed by atoms with van der Waals surface area (Å²) >= 11 is 0. The van der Waals surface area contributed by atoms with E-state index in [-0.39, 0.29) is 24.2 Å². The van der Waals surface area contributed by atoms with Crippen molar-refractivity contribution in [1.29, 1.82) is 0 Å². The quantitative estimate of drug-likeness (QED) is 0.768. The maximum Gasteiger partial charge on any atom is 0.249 e. The van der Waals surface area contributed by atoms with Gasteiger partial charge in [-0.1, -0.05) is 17.3 Å². The first-order chi connectivity index (χ1) is 12.6. The van der Waals surface area contributed by atoms with Crippen molar-refractivity contribution >= 4 is 18.3 Å². The summed E-state index contributed by atoms with van der Waals surface area (Å²) in [7, 11) is 1.60. The second kappa shape index (κ2) is 9.68. The van der Waals surface area contributed by atoms with Gasteiger partial charge in [-0.25, -0.2) is 0 Å². The van der Waals surface area contributed by atoms with E-state index in [1.54, 1.807) is 14.0 Å². The molecule has 8 nitrogen and oxygen atoms in total. The molecule has 2 atom stereocenters. The van der Waals surface area contributed by atoms with Crippen LogP contribution in [0.2, 0.25) is 0 Å². The van der Waals surface area contributed by atoms with Gasteiger partial charge in [-0.15, -0.1) is 12.4 Å². The zero-order valence-electron chi connectivity index (χ0n) is 15.4. The molecule has 1 aromatic carbocycles. The second-order valence-corrected chi connectivity index (χ2v) is 6.39. The molecule has 148 valence electrons. The van der Waals surface area contributed by atoms with Crippen LogP contribution in [0, 0.1) is 5.92 Å². The number of nitrogens with two attached hydrogens (primary N) is 1. The van der Waals surface area contributed by atoms with Crippen molar-refractivity contribution in [3.63, 3.8) is 0 Å². The van der Waals surface area contributed by atoms with Gasteiger partial charge >= 0.3 is 0 Å². The molecule has 1 aromatic heterocycles. The first-order valence-electron chi connectivity index (χ1n) is 8.70. The van der Waals surface area contributed by atoms with Gasteiger partial charge in [0.15, 0.2) is 0 Å². The Morgan fingerprint density at radius 2 is 2.11 bits per heavy atom. The predicted octanol–water partition coefficient (Wildman–Crippen LogP) is 2.10. The maximum absolute atomic E-state index is 12.4. The number of nitrogens with zero attached hydrogens (tertiary/aromatic N) is 2. The Morgan fingerprint density at radius 1 is 1.37 bits per heavy atom. The normalized spacial score (nSPS) is 16.9. The SMILES string of the molecule is COc1cccc(-c2noc(C(C)NC(=O)C(N)C3CCOCC3)n2)c1.Cl. The third kappa shape index (κ3) is 5.18. The van der Waals surface area contributed by atoms with E-state index >= 15 is 0 Å². The van der Waals surface area contributed by atoms with Gasteiger partial charge in [-0.2, -0.15) is 4.98 Å². The van der Waals surface area contributed by atoms with Gasteiger partial charge in [-0.3, -0.25) is 4.79 Å². The molecule has 2 heterocycles. The number of carbonyl (C=O) groups excluding carboxylic acids is 1. The molecule has 2 unspecified atom stereocenters. The first-order valence-corrected chi connectivity index (χ1v) is 8.70. The Morgan fingerprint density at radius 3 is 2.81 bits per heavy atom. The summed E-state index contributed by atoms with van der Waals surface area (Å²) in [5, 5.41) is 6.84. The van der Waals surface area contributed by atoms with Gasteiger partial charge in [0.1, 0.15) is 11.8 Å². The Balaban J connectivity index is 0.00000261. The minimum atomic E-state index is -0.567. The lowest BCUT2D eigenvalue weighted by atomic mass is 9.92. The molecule has 0 radical (unpaired) electrons. The van der Waals surface area contributed by atoms with Crippen molar-refractivity contribution in [1.82, 2.24) is 15.5 Å². The Hall–Kier alpha value is -2.16. The molecule has 0 spiro atoms. The fraction of sp³-hybridized carbons (Fsp3) is 0.500. The highest BCUT2D eigenvalue weighted by Crippen LogP contribution is 2.23. The molecule has 0 saturated carbocycles. The average molecular weight is 397 g/mol. The van der Waals surface area contributed by atoms with Gasteiger partial charge in [0, 0.05) is 18.8 Å². The Labute approximate surface area is 164 Å². The van der Waals surface area contributed by atoms with Crippen LogP contribution in [0.3, 0.4) is 0 Å². The second-order valence-electron chi connectivity index (χ2n) is 6.39. The molecule has 3 N–H and O–H groups in total. The van der Waals surface area contributed by atoms with E-state index in [4.69, 9.17) is 19.7 Å². The highest BCUT2D eigenvalue weighted by Gasteiger charge is 2.28. The molecule has 1 aliphatic rings. The molecule has 27 heavy (non-hydrogen) atoms. The number of methoxy groups -OCH3 is 1. The van der Waals surface area contributed by atoms with Crippen LogP contribution < -0.4 is 15.8 Å². The number of rotatable bonds is 6. The highest BCUT2D eigenvalue weighted by atomic mass is 35.5. The molecular formula is C18H25ClN4O4. The number of hydrogen-bond acceptors (Lipinski definition) is 7. The summed E-state index contributed by atoms with van der Waals surface area (Å²) in [4.78, 5) is 16.8. The molecule has 1 saturated heterocycles. The van der Waals surface area contributed by atoms with Crippen molar-refractivity contribution in [2.45, 2.75) is 31.8 Å². The molecule has 1 amide bonds. The monoisotopic (exact) mass is 396 g/mol. The fourth-order valence-corrected chi connectivity index (χ4v) is 2.95. The van der Waals surface area contributed by atoms with Crippen LogP contribution in [0.5, 0.6) is 5.75 Å². The lowest BCUT2D eigenvalue weighted by Gasteiger charge is -2.27. The third-order valence-corrected chi connectivity index (χ3v) is 4.58. The van der Waals surface area contributed by atoms with Crippen LogP contribution in [0.1, 0.15) is 31.7 Å². The summed E-state index contributed by atoms with van der Waals surface area (Å²) in [6, 6.07) is 6.37. The minimum Gasteiger partial charge on any atom is -0.497 e. The predicted molar refractivity (Wildman–Crippen MR) is 102 cm³/mol. The van der Waals surface area contributed by atoms with E-state index in [9.17, 15) is 4.79 Å². The van der Waals surface area contributed by atoms with Crippen LogP contribution in [-0.4, -0.2) is 42.4 Å². The van der Waals surface area contributed by atoms with Gasteiger partial charge in [0.2, 0.25) is 17.6 Å². The van der Waals surface area contributed by atoms with Crippen LogP contribution in [0.15, 0.2) is 28.8 Å². The molecule has 3 rings (SSSR count). The van der Waals surface area contributed by atoms with Crippen molar-refractivity contribution in [3.8, 4) is 17.1 Å². The van der Waals surface area contributed by atoms with Crippen molar-refractivity contribution in [2.24, 2.45) is 11.7 Å². The number of halogens is 1. The lowest BCUT2D eigenvalue weighted by molar-refractivity contribution is -0.125. The number of aromatic nitrogens is 2. The number of hydrogen-bond donors (Lipinski definition) is 2. The van der Waals surface area contributed by atoms with E-state index < -0.39 is 12.1 Å². The summed E-state index contributed by atoms with van der Waals surface area (Å²) in [5.74, 6) is 1.39. The largest absolute Gasteiger partial charge is 0.497 e. The molecule has 0 bridgehead atoms. The molecule has 1 fully saturated rings. The van der Waals surface area contributed by atoms with E-state index in [0.717, 1.165) is 18.4 Å². The highest BCUT2D eigenvalue weighted by molar-refractivity contribution is 5.85. The standard InChI is InChI=1S/C18H24N4O4.ClH/c1-11(20-17(23)15(19)12-6-8-25-9-7-12)18-21-16(22-26-18)13-4-3-5-14(10-13)24-2;/h3-5,10-12,15H,6-9,19H2,1-2H3,(H,20,23);1H. The van der Waals surface area contributed by atoms with Gasteiger partial charge in [-0.05, 0) is 37.8 Å². The fourth-order valence-electron chi connectivity index (χ4n) is 2.95. The summed E-state index contributed by atoms with van der Waals surface area (Å²) in [6.45, 7) is 3.08. The molecular weight excluding hydrogens is 372 g/mol. The van der Waals surface area contributed by atoms with Crippen LogP contribution >= 0.6 is 12.4 Å². The van der Waals surface area contributed by atoms with Crippen LogP contribution in [-0.2, 0) is 9.53 Å². The topological polar surface area (TPSA) is 113 Å². The third-order valence-electron chi connectivity index (χ3n) is 4.58. The first kappa shape index (κ1) is 21.1. The Bertz CT molecular complexity index is 748. The minimum absolute atomic E-state index is 0. The van der Waals surface area contributed by atoms with Gasteiger partial charge < -0.3 is 25.0 Å². The zero-order chi connectivity index (χ0) is 18.5. The number of carbonyl (C=O) groups is 1. The van der Waals surface area contributed by atoms with E-state index in [0.29, 0.717) is 30.7 Å². The summed E-state index contributed by atoms with van der Waals surface area (Å²) in [6.07, 6.45) is 1.59. The van der Waals surface area contributed by atoms with E-state index in [1.165, 1.54) is 0 Å². The van der Waals surface area contributed by atoms with Gasteiger partial charge in [0.25, 0.3) is 0 Å². The number of benzene rings is 1. The Kier molecular flexibility index (Phi) is 7.58. The number of nitrogens with one attached hydrogen (secondary N) is 1. The average Bonchev–Trinajstić information content (AvgIpc) is 3.18. The van der Waals surface area contributed by atoms with Crippen molar-refractivity contribution in [3.05, 3.63) is 30.2 Å². The molecule has 2 aromatic rings. The smallest absolute Gasteiger partial charge is 0.249 e. The van der Waals surface area contributed by atoms with Crippen molar-refractivity contribution < 1.29 is 18.8 Å². The number of amides is 1. The zero-order valence-corrected chi connectivity index (χ0v) is 16.2. The van der Waals surface area contributed by atoms with Gasteiger partial charge in [0.05, 0.1) is 13.2 Å². The van der Waals surface area contributed by atoms with E-state index in [1.807, 2.05) is 24.3 Å². The maximum atomic E-state index is 12.4. The van der Waals surface area contributed by atoms with Crippen LogP contribution in [0.4, 0.5) is 0 Å². The summed E-state index contributed by atoms with van der Waals surface area (Å²) in [5.41, 5.74) is 6.87. The lowest BCUT2D eigenvalue weighted by Crippen LogP contribution is -2.47. The summed E-state index contributed by atoms with van der Waals surface area (Å²) < 4.78 is 15.8. The molecule has 0 aliphatic carbocycles. The molecule has 1 aliphatic heterocycles. The molecule has 9 heteroatoms.